The van der Waals surface area contributed by atoms with Crippen LogP contribution in [0, 0.1) is 5.82 Å². The molecular formula is C11H9BrFNO5. The van der Waals surface area contributed by atoms with Crippen molar-refractivity contribution in [3.63, 3.8) is 0 Å². The molecule has 0 saturated heterocycles. The zero-order valence-electron chi connectivity index (χ0n) is 9.39. The van der Waals surface area contributed by atoms with E-state index in [-0.39, 0.29) is 10.0 Å². The van der Waals surface area contributed by atoms with E-state index in [1.54, 1.807) is 0 Å². The van der Waals surface area contributed by atoms with E-state index in [1.165, 1.54) is 12.1 Å². The first-order valence-corrected chi connectivity index (χ1v) is 5.81. The highest BCUT2D eigenvalue weighted by atomic mass is 79.9. The van der Waals surface area contributed by atoms with E-state index in [0.717, 1.165) is 6.07 Å². The molecule has 3 N–H and O–H groups in total. The minimum absolute atomic E-state index is 0.114. The summed E-state index contributed by atoms with van der Waals surface area (Å²) in [6.45, 7) is 0. The Labute approximate surface area is 115 Å². The fraction of sp³-hybridized carbons (Fsp3) is 0.182. The van der Waals surface area contributed by atoms with Crippen LogP contribution in [0.4, 0.5) is 4.39 Å². The molecule has 0 bridgehead atoms. The Hall–Kier alpha value is -1.96. The standard InChI is InChI=1S/C11H9BrFNO5/c12-9-5(2-1-3-6(9)13)10(17)14-7(11(18)19)4-8(15)16/h1-3,7H,4H2,(H,14,17)(H,15,16)(H,18,19)/t7-/m1/s1. The number of rotatable bonds is 5. The molecule has 0 heterocycles. The maximum atomic E-state index is 13.2. The Morgan fingerprint density at radius 3 is 2.47 bits per heavy atom. The van der Waals surface area contributed by atoms with Crippen LogP contribution in [0.25, 0.3) is 0 Å². The van der Waals surface area contributed by atoms with Crippen LogP contribution in [-0.2, 0) is 9.59 Å². The van der Waals surface area contributed by atoms with Crippen LogP contribution in [-0.4, -0.2) is 34.1 Å². The topological polar surface area (TPSA) is 104 Å². The maximum Gasteiger partial charge on any atom is 0.326 e. The second kappa shape index (κ2) is 6.28. The lowest BCUT2D eigenvalue weighted by atomic mass is 10.1. The van der Waals surface area contributed by atoms with E-state index in [9.17, 15) is 18.8 Å². The number of hydrogen-bond acceptors (Lipinski definition) is 3. The highest BCUT2D eigenvalue weighted by molar-refractivity contribution is 9.10. The second-order valence-corrected chi connectivity index (χ2v) is 4.36. The molecule has 8 heteroatoms. The average Bonchev–Trinajstić information content (AvgIpc) is 2.31. The van der Waals surface area contributed by atoms with Crippen LogP contribution in [0.3, 0.4) is 0 Å². The summed E-state index contributed by atoms with van der Waals surface area (Å²) in [5.41, 5.74) is -0.114. The van der Waals surface area contributed by atoms with Crippen molar-refractivity contribution in [1.82, 2.24) is 5.32 Å². The van der Waals surface area contributed by atoms with Crippen molar-refractivity contribution in [3.05, 3.63) is 34.1 Å². The second-order valence-electron chi connectivity index (χ2n) is 3.56. The van der Waals surface area contributed by atoms with Crippen molar-refractivity contribution in [2.75, 3.05) is 0 Å². The van der Waals surface area contributed by atoms with Gasteiger partial charge in [0.15, 0.2) is 0 Å². The molecule has 1 aromatic carbocycles. The van der Waals surface area contributed by atoms with Crippen LogP contribution in [0.1, 0.15) is 16.8 Å². The third-order valence-electron chi connectivity index (χ3n) is 2.18. The van der Waals surface area contributed by atoms with Crippen molar-refractivity contribution >= 4 is 33.8 Å². The van der Waals surface area contributed by atoms with E-state index in [1.807, 2.05) is 5.32 Å². The molecule has 0 aromatic heterocycles. The summed E-state index contributed by atoms with van der Waals surface area (Å²) in [5, 5.41) is 19.3. The predicted molar refractivity (Wildman–Crippen MR) is 65.2 cm³/mol. The highest BCUT2D eigenvalue weighted by Gasteiger charge is 2.24. The number of aliphatic carboxylic acids is 2. The zero-order chi connectivity index (χ0) is 14.6. The van der Waals surface area contributed by atoms with Gasteiger partial charge in [0.25, 0.3) is 5.91 Å². The number of amides is 1. The molecule has 102 valence electrons. The third kappa shape index (κ3) is 4.02. The summed E-state index contributed by atoms with van der Waals surface area (Å²) in [5.74, 6) is -4.41. The lowest BCUT2D eigenvalue weighted by Gasteiger charge is -2.13. The first-order chi connectivity index (χ1) is 8.82. The van der Waals surface area contributed by atoms with Gasteiger partial charge in [-0.05, 0) is 28.1 Å². The van der Waals surface area contributed by atoms with Crippen molar-refractivity contribution in [2.45, 2.75) is 12.5 Å². The Morgan fingerprint density at radius 1 is 1.32 bits per heavy atom. The van der Waals surface area contributed by atoms with Crippen molar-refractivity contribution < 1.29 is 29.0 Å². The van der Waals surface area contributed by atoms with Crippen LogP contribution >= 0.6 is 15.9 Å². The zero-order valence-corrected chi connectivity index (χ0v) is 11.0. The van der Waals surface area contributed by atoms with E-state index < -0.39 is 36.1 Å². The minimum Gasteiger partial charge on any atom is -0.481 e. The smallest absolute Gasteiger partial charge is 0.326 e. The van der Waals surface area contributed by atoms with Crippen molar-refractivity contribution in [1.29, 1.82) is 0 Å². The van der Waals surface area contributed by atoms with Crippen LogP contribution < -0.4 is 5.32 Å². The lowest BCUT2D eigenvalue weighted by Crippen LogP contribution is -2.42. The van der Waals surface area contributed by atoms with Gasteiger partial charge in [0.1, 0.15) is 11.9 Å². The number of benzene rings is 1. The quantitative estimate of drug-likeness (QED) is 0.752. The lowest BCUT2D eigenvalue weighted by molar-refractivity contribution is -0.145. The predicted octanol–water partition coefficient (Wildman–Crippen LogP) is 1.25. The summed E-state index contributed by atoms with van der Waals surface area (Å²) in [4.78, 5) is 33.0. The van der Waals surface area contributed by atoms with Crippen molar-refractivity contribution in [3.8, 4) is 0 Å². The molecule has 0 aliphatic heterocycles. The molecule has 6 nitrogen and oxygen atoms in total. The van der Waals surface area contributed by atoms with Gasteiger partial charge in [-0.1, -0.05) is 6.07 Å². The summed E-state index contributed by atoms with van der Waals surface area (Å²) >= 11 is 2.86. The van der Waals surface area contributed by atoms with E-state index in [4.69, 9.17) is 10.2 Å². The maximum absolute atomic E-state index is 13.2. The van der Waals surface area contributed by atoms with Gasteiger partial charge in [-0.2, -0.15) is 0 Å². The fourth-order valence-corrected chi connectivity index (χ4v) is 1.73. The number of carbonyl (C=O) groups excluding carboxylic acids is 1. The van der Waals surface area contributed by atoms with Gasteiger partial charge in [-0.3, -0.25) is 9.59 Å². The molecule has 0 fully saturated rings. The van der Waals surface area contributed by atoms with Crippen LogP contribution in [0.15, 0.2) is 22.7 Å². The number of carbonyl (C=O) groups is 3. The molecule has 0 spiro atoms. The summed E-state index contributed by atoms with van der Waals surface area (Å²) in [6.07, 6.45) is -0.770. The molecule has 1 amide bonds. The first kappa shape index (κ1) is 15.1. The van der Waals surface area contributed by atoms with E-state index >= 15 is 0 Å². The minimum atomic E-state index is -1.58. The molecule has 0 saturated carbocycles. The van der Waals surface area contributed by atoms with Gasteiger partial charge in [-0.15, -0.1) is 0 Å². The summed E-state index contributed by atoms with van der Waals surface area (Å²) in [6, 6.07) is 2.09. The van der Waals surface area contributed by atoms with Crippen molar-refractivity contribution in [2.24, 2.45) is 0 Å². The van der Waals surface area contributed by atoms with Gasteiger partial charge in [-0.25, -0.2) is 9.18 Å². The third-order valence-corrected chi connectivity index (χ3v) is 2.98. The molecule has 0 radical (unpaired) electrons. The number of hydrogen-bond donors (Lipinski definition) is 3. The number of carboxylic acids is 2. The molecule has 19 heavy (non-hydrogen) atoms. The Bertz CT molecular complexity index is 534. The van der Waals surface area contributed by atoms with Gasteiger partial charge in [0.05, 0.1) is 16.5 Å². The van der Waals surface area contributed by atoms with Gasteiger partial charge in [0, 0.05) is 0 Å². The molecule has 0 aliphatic carbocycles. The Kier molecular flexibility index (Phi) is 4.99. The molecule has 1 rings (SSSR count). The normalized spacial score (nSPS) is 11.7. The summed E-state index contributed by atoms with van der Waals surface area (Å²) < 4.78 is 13.1. The SMILES string of the molecule is O=C(O)C[C@@H](NC(=O)c1cccc(F)c1Br)C(=O)O. The highest BCUT2D eigenvalue weighted by Crippen LogP contribution is 2.20. The molecule has 1 atom stereocenters. The van der Waals surface area contributed by atoms with E-state index in [0.29, 0.717) is 0 Å². The van der Waals surface area contributed by atoms with Gasteiger partial charge in [0.2, 0.25) is 0 Å². The van der Waals surface area contributed by atoms with Crippen LogP contribution in [0.2, 0.25) is 0 Å². The number of nitrogens with one attached hydrogen (secondary N) is 1. The van der Waals surface area contributed by atoms with Crippen LogP contribution in [0.5, 0.6) is 0 Å². The average molecular weight is 334 g/mol. The molecule has 1 aromatic rings. The molecule has 0 aliphatic rings. The Morgan fingerprint density at radius 2 is 1.95 bits per heavy atom. The van der Waals surface area contributed by atoms with Gasteiger partial charge < -0.3 is 15.5 Å². The monoisotopic (exact) mass is 333 g/mol. The van der Waals surface area contributed by atoms with E-state index in [2.05, 4.69) is 15.9 Å². The number of halogens is 2. The molecular weight excluding hydrogens is 325 g/mol. The largest absolute Gasteiger partial charge is 0.481 e. The Balaban J connectivity index is 2.91. The summed E-state index contributed by atoms with van der Waals surface area (Å²) in [7, 11) is 0. The fourth-order valence-electron chi connectivity index (χ4n) is 1.29. The first-order valence-electron chi connectivity index (χ1n) is 5.02. The molecule has 0 unspecified atom stereocenters. The number of carboxylic acid groups (broad SMARTS) is 2. The van der Waals surface area contributed by atoms with Gasteiger partial charge >= 0.3 is 11.9 Å².